The first kappa shape index (κ1) is 8.55. The zero-order valence-corrected chi connectivity index (χ0v) is 8.10. The van der Waals surface area contributed by atoms with Crippen LogP contribution in [0.5, 0.6) is 0 Å². The largest absolute Gasteiger partial charge is 0.303 e. The first-order chi connectivity index (χ1) is 5.95. The third kappa shape index (κ3) is 2.78. The number of nitrogens with zero attached hydrogens (tertiary/aromatic N) is 1. The van der Waals surface area contributed by atoms with E-state index >= 15 is 0 Å². The summed E-state index contributed by atoms with van der Waals surface area (Å²) in [7, 11) is 0. The van der Waals surface area contributed by atoms with E-state index < -0.39 is 0 Å². The Morgan fingerprint density at radius 3 is 2.17 bits per heavy atom. The topological polar surface area (TPSA) is 3.24 Å². The molecule has 0 aromatic rings. The van der Waals surface area contributed by atoms with Gasteiger partial charge in [0.05, 0.1) is 0 Å². The van der Waals surface area contributed by atoms with Gasteiger partial charge in [-0.3, -0.25) is 0 Å². The SMILES string of the molecule is C1CCCN(CCC2CC2)CC1. The molecule has 0 aromatic carbocycles. The Hall–Kier alpha value is -0.0400. The minimum atomic E-state index is 1.12. The number of hydrogen-bond acceptors (Lipinski definition) is 1. The van der Waals surface area contributed by atoms with E-state index in [2.05, 4.69) is 4.90 Å². The second kappa shape index (κ2) is 4.27. The average molecular weight is 167 g/mol. The lowest BCUT2D eigenvalue weighted by atomic mass is 10.2. The molecule has 0 aromatic heterocycles. The van der Waals surface area contributed by atoms with Crippen LogP contribution in [-0.2, 0) is 0 Å². The summed E-state index contributed by atoms with van der Waals surface area (Å²) >= 11 is 0. The van der Waals surface area contributed by atoms with Gasteiger partial charge >= 0.3 is 0 Å². The molecule has 1 saturated heterocycles. The summed E-state index contributed by atoms with van der Waals surface area (Å²) in [5.41, 5.74) is 0. The Morgan fingerprint density at radius 1 is 0.917 bits per heavy atom. The highest BCUT2D eigenvalue weighted by Gasteiger charge is 2.21. The van der Waals surface area contributed by atoms with Crippen molar-refractivity contribution < 1.29 is 0 Å². The van der Waals surface area contributed by atoms with E-state index in [1.165, 1.54) is 64.6 Å². The minimum absolute atomic E-state index is 1.12. The molecule has 0 amide bonds. The predicted molar refractivity (Wildman–Crippen MR) is 52.2 cm³/mol. The fourth-order valence-corrected chi connectivity index (χ4v) is 2.13. The van der Waals surface area contributed by atoms with Crippen LogP contribution in [0.3, 0.4) is 0 Å². The van der Waals surface area contributed by atoms with Gasteiger partial charge in [-0.15, -0.1) is 0 Å². The van der Waals surface area contributed by atoms with E-state index in [-0.39, 0.29) is 0 Å². The van der Waals surface area contributed by atoms with E-state index in [1.807, 2.05) is 0 Å². The molecule has 12 heavy (non-hydrogen) atoms. The van der Waals surface area contributed by atoms with E-state index in [9.17, 15) is 0 Å². The Labute approximate surface area is 76.1 Å². The highest BCUT2D eigenvalue weighted by Crippen LogP contribution is 2.32. The predicted octanol–water partition coefficient (Wildman–Crippen LogP) is 2.66. The van der Waals surface area contributed by atoms with Gasteiger partial charge < -0.3 is 4.90 Å². The third-order valence-corrected chi connectivity index (χ3v) is 3.25. The maximum atomic E-state index is 2.69. The first-order valence-electron chi connectivity index (χ1n) is 5.67. The van der Waals surface area contributed by atoms with Crippen LogP contribution in [-0.4, -0.2) is 24.5 Å². The second-order valence-electron chi connectivity index (χ2n) is 4.49. The molecule has 2 fully saturated rings. The van der Waals surface area contributed by atoms with Crippen molar-refractivity contribution in [2.45, 2.75) is 44.9 Å². The highest BCUT2D eigenvalue weighted by molar-refractivity contribution is 4.75. The summed E-state index contributed by atoms with van der Waals surface area (Å²) < 4.78 is 0. The summed E-state index contributed by atoms with van der Waals surface area (Å²) in [5, 5.41) is 0. The van der Waals surface area contributed by atoms with Gasteiger partial charge in [0, 0.05) is 0 Å². The van der Waals surface area contributed by atoms with Gasteiger partial charge in [0.1, 0.15) is 0 Å². The van der Waals surface area contributed by atoms with Crippen molar-refractivity contribution >= 4 is 0 Å². The van der Waals surface area contributed by atoms with E-state index in [1.54, 1.807) is 0 Å². The zero-order chi connectivity index (χ0) is 8.23. The van der Waals surface area contributed by atoms with Crippen LogP contribution in [0, 0.1) is 5.92 Å². The average Bonchev–Trinajstić information content (AvgIpc) is 2.90. The Kier molecular flexibility index (Phi) is 3.04. The van der Waals surface area contributed by atoms with Crippen molar-refractivity contribution in [3.63, 3.8) is 0 Å². The van der Waals surface area contributed by atoms with Crippen molar-refractivity contribution in [1.82, 2.24) is 4.90 Å². The fraction of sp³-hybridized carbons (Fsp3) is 1.00. The molecule has 70 valence electrons. The molecular formula is C11H21N. The summed E-state index contributed by atoms with van der Waals surface area (Å²) in [4.78, 5) is 2.69. The quantitative estimate of drug-likeness (QED) is 0.624. The summed E-state index contributed by atoms with van der Waals surface area (Å²) in [6.07, 6.45) is 10.4. The van der Waals surface area contributed by atoms with Crippen molar-refractivity contribution in [1.29, 1.82) is 0 Å². The van der Waals surface area contributed by atoms with Crippen LogP contribution < -0.4 is 0 Å². The first-order valence-corrected chi connectivity index (χ1v) is 5.67. The minimum Gasteiger partial charge on any atom is -0.303 e. The standard InChI is InChI=1S/C11H21N/c1-2-4-9-12(8-3-1)10-7-11-5-6-11/h11H,1-10H2. The van der Waals surface area contributed by atoms with Gasteiger partial charge in [0.15, 0.2) is 0 Å². The summed E-state index contributed by atoms with van der Waals surface area (Å²) in [6.45, 7) is 4.16. The van der Waals surface area contributed by atoms with E-state index in [4.69, 9.17) is 0 Å². The Balaban J connectivity index is 1.62. The van der Waals surface area contributed by atoms with Crippen molar-refractivity contribution in [3.8, 4) is 0 Å². The maximum absolute atomic E-state index is 2.69. The molecule has 0 atom stereocenters. The highest BCUT2D eigenvalue weighted by atomic mass is 15.1. The van der Waals surface area contributed by atoms with Crippen LogP contribution in [0.4, 0.5) is 0 Å². The maximum Gasteiger partial charge on any atom is -0.00161 e. The van der Waals surface area contributed by atoms with Crippen LogP contribution in [0.2, 0.25) is 0 Å². The molecule has 1 heterocycles. The Bertz CT molecular complexity index is 121. The zero-order valence-electron chi connectivity index (χ0n) is 8.10. The monoisotopic (exact) mass is 167 g/mol. The van der Waals surface area contributed by atoms with E-state index in [0.29, 0.717) is 0 Å². The second-order valence-corrected chi connectivity index (χ2v) is 4.49. The molecule has 0 N–H and O–H groups in total. The molecule has 1 aliphatic heterocycles. The van der Waals surface area contributed by atoms with Gasteiger partial charge in [-0.05, 0) is 44.8 Å². The van der Waals surface area contributed by atoms with Gasteiger partial charge in [-0.2, -0.15) is 0 Å². The molecule has 0 spiro atoms. The van der Waals surface area contributed by atoms with E-state index in [0.717, 1.165) is 5.92 Å². The van der Waals surface area contributed by atoms with Crippen molar-refractivity contribution in [2.24, 2.45) is 5.92 Å². The lowest BCUT2D eigenvalue weighted by Gasteiger charge is -2.19. The number of likely N-dealkylation sites (tertiary alicyclic amines) is 1. The number of hydrogen-bond donors (Lipinski definition) is 0. The normalized spacial score (nSPS) is 27.0. The fourth-order valence-electron chi connectivity index (χ4n) is 2.13. The van der Waals surface area contributed by atoms with Crippen LogP contribution in [0.15, 0.2) is 0 Å². The number of rotatable bonds is 3. The van der Waals surface area contributed by atoms with Crippen LogP contribution in [0.25, 0.3) is 0 Å². The van der Waals surface area contributed by atoms with Gasteiger partial charge in [-0.25, -0.2) is 0 Å². The third-order valence-electron chi connectivity index (χ3n) is 3.25. The van der Waals surface area contributed by atoms with Crippen molar-refractivity contribution in [2.75, 3.05) is 19.6 Å². The molecule has 2 rings (SSSR count). The molecule has 1 aliphatic carbocycles. The van der Waals surface area contributed by atoms with Crippen molar-refractivity contribution in [3.05, 3.63) is 0 Å². The summed E-state index contributed by atoms with van der Waals surface area (Å²) in [6, 6.07) is 0. The lowest BCUT2D eigenvalue weighted by molar-refractivity contribution is 0.276. The molecule has 0 bridgehead atoms. The van der Waals surface area contributed by atoms with Crippen LogP contribution >= 0.6 is 0 Å². The lowest BCUT2D eigenvalue weighted by Crippen LogP contribution is -2.25. The van der Waals surface area contributed by atoms with Gasteiger partial charge in [-0.1, -0.05) is 25.7 Å². The Morgan fingerprint density at radius 2 is 1.58 bits per heavy atom. The molecule has 1 heteroatoms. The molecular weight excluding hydrogens is 146 g/mol. The molecule has 2 aliphatic rings. The molecule has 1 saturated carbocycles. The summed E-state index contributed by atoms with van der Waals surface area (Å²) in [5.74, 6) is 1.12. The van der Waals surface area contributed by atoms with Gasteiger partial charge in [0.25, 0.3) is 0 Å². The van der Waals surface area contributed by atoms with Gasteiger partial charge in [0.2, 0.25) is 0 Å². The van der Waals surface area contributed by atoms with Crippen LogP contribution in [0.1, 0.15) is 44.9 Å². The molecule has 0 radical (unpaired) electrons. The molecule has 1 nitrogen and oxygen atoms in total. The smallest absolute Gasteiger partial charge is 0.00161 e. The molecule has 0 unspecified atom stereocenters.